The number of aromatic nitrogens is 2. The first-order chi connectivity index (χ1) is 33.1. The molecule has 9 aliphatic rings. The largest absolute Gasteiger partial charge is 0.508 e. The summed E-state index contributed by atoms with van der Waals surface area (Å²) in [6.07, 6.45) is 22.0. The molecule has 2 fully saturated rings. The lowest BCUT2D eigenvalue weighted by Crippen LogP contribution is -2.52. The summed E-state index contributed by atoms with van der Waals surface area (Å²) in [6.45, 7) is 0.689. The Kier molecular flexibility index (Phi) is 11.8. The number of phenolic OH excluding ortho intramolecular Hbond substituents is 1. The van der Waals surface area contributed by atoms with E-state index >= 15 is 0 Å². The number of hydrogen-bond donors (Lipinski definition) is 7. The number of aliphatic hydroxyl groups excluding tert-OH is 3. The van der Waals surface area contributed by atoms with Crippen molar-refractivity contribution in [2.75, 3.05) is 12.3 Å². The number of ether oxygens (including phenoxy) is 2. The van der Waals surface area contributed by atoms with Crippen LogP contribution in [0, 0.1) is 53.0 Å². The van der Waals surface area contributed by atoms with Crippen LogP contribution in [-0.2, 0) is 22.4 Å². The maximum Gasteiger partial charge on any atom is 0.191 e. The molecule has 8 N–H and O–H groups in total. The number of carbonyl (C=O) groups excluding carboxylic acids is 1. The minimum absolute atomic E-state index is 0.00609. The zero-order valence-electron chi connectivity index (χ0n) is 38.5. The molecule has 10 bridgehead atoms. The summed E-state index contributed by atoms with van der Waals surface area (Å²) in [5, 5.41) is 51.9. The van der Waals surface area contributed by atoms with Crippen LogP contribution in [0.5, 0.6) is 17.2 Å². The summed E-state index contributed by atoms with van der Waals surface area (Å²) >= 11 is 0. The quantitative estimate of drug-likeness (QED) is 0.0536. The molecule has 2 saturated carbocycles. The summed E-state index contributed by atoms with van der Waals surface area (Å²) in [6, 6.07) is 5.72. The number of carbonyl (C=O) groups is 1. The summed E-state index contributed by atoms with van der Waals surface area (Å²) in [5.41, 5.74) is 13.7. The molecular formula is C55H62N4O7S2. The van der Waals surface area contributed by atoms with Gasteiger partial charge in [0, 0.05) is 89.3 Å². The molecule has 5 aliphatic heterocycles. The topological polar surface area (TPSA) is 175 Å². The van der Waals surface area contributed by atoms with E-state index in [-0.39, 0.29) is 48.3 Å². The van der Waals surface area contributed by atoms with E-state index in [4.69, 9.17) is 15.2 Å². The highest BCUT2D eigenvalue weighted by molar-refractivity contribution is 8.76. The van der Waals surface area contributed by atoms with Crippen LogP contribution in [0.2, 0.25) is 0 Å². The van der Waals surface area contributed by atoms with Crippen molar-refractivity contribution in [1.82, 2.24) is 14.9 Å². The fourth-order valence-electron chi connectivity index (χ4n) is 13.8. The van der Waals surface area contributed by atoms with Gasteiger partial charge in [-0.3, -0.25) is 10.1 Å². The Morgan fingerprint density at radius 3 is 2.68 bits per heavy atom. The maximum atomic E-state index is 13.9. The molecule has 356 valence electrons. The minimum atomic E-state index is -1.08. The molecule has 0 saturated heterocycles. The molecule has 0 amide bonds. The third kappa shape index (κ3) is 7.62. The van der Waals surface area contributed by atoms with E-state index in [1.165, 1.54) is 43.2 Å². The number of benzene rings is 2. The molecular weight excluding hydrogens is 893 g/mol. The number of nitrogens with zero attached hydrogens (tertiary/aromatic N) is 1. The van der Waals surface area contributed by atoms with E-state index < -0.39 is 41.8 Å². The first kappa shape index (κ1) is 44.9. The zero-order valence-corrected chi connectivity index (χ0v) is 40.1. The lowest BCUT2D eigenvalue weighted by Gasteiger charge is -2.48. The summed E-state index contributed by atoms with van der Waals surface area (Å²) in [4.78, 5) is 17.5. The predicted molar refractivity (Wildman–Crippen MR) is 265 cm³/mol. The summed E-state index contributed by atoms with van der Waals surface area (Å²) in [7, 11) is 3.46. The van der Waals surface area contributed by atoms with Crippen LogP contribution >= 0.6 is 21.6 Å². The van der Waals surface area contributed by atoms with Crippen molar-refractivity contribution < 1.29 is 34.7 Å². The van der Waals surface area contributed by atoms with Gasteiger partial charge in [-0.2, -0.15) is 0 Å². The second kappa shape index (κ2) is 17.8. The van der Waals surface area contributed by atoms with Crippen molar-refractivity contribution in [3.05, 3.63) is 87.9 Å². The van der Waals surface area contributed by atoms with Crippen molar-refractivity contribution in [3.8, 4) is 41.1 Å². The Labute approximate surface area is 406 Å². The zero-order chi connectivity index (χ0) is 46.3. The van der Waals surface area contributed by atoms with Crippen LogP contribution < -0.4 is 20.5 Å². The Morgan fingerprint density at radius 1 is 1.00 bits per heavy atom. The predicted octanol–water partition coefficient (Wildman–Crippen LogP) is 8.84. The standard InChI is InChI=1S/C55H62N4O7S2/c56-52-38-13-12-37-44(61)15-14-42-53-59-26-40-39(25-57-43(40)27-59)35-16-19-55(29-58-52,50(38)49(35)37)30-68-67-28-41-34(47(64)24-48(51(41)66-53)65-21-20-54(42)17-4-5-18-54)11-9-33(60)23-46(63)36-10-8-32(22-45(36)62)31-6-2-1-3-7-31/h8,10,12-13,24-27,31-32,35-36,42,44-46,52-53,57-58,61-64H,1-7,9,11,16-19,22-23,28-30,56H2/t32-,35+,36-,42+,44+,45-,46+,52-,53+,55+/m1/s1. The number of nitrogens with one attached hydrogen (secondary N) is 2. The third-order valence-corrected chi connectivity index (χ3v) is 19.9. The van der Waals surface area contributed by atoms with E-state index in [2.05, 4.69) is 75.5 Å². The van der Waals surface area contributed by atoms with E-state index in [0.29, 0.717) is 47.6 Å². The van der Waals surface area contributed by atoms with Gasteiger partial charge >= 0.3 is 0 Å². The molecule has 0 unspecified atom stereocenters. The highest BCUT2D eigenvalue weighted by atomic mass is 33.1. The summed E-state index contributed by atoms with van der Waals surface area (Å²) < 4.78 is 16.0. The molecule has 2 spiro atoms. The van der Waals surface area contributed by atoms with Crippen molar-refractivity contribution in [3.63, 3.8) is 0 Å². The number of nitrogens with two attached hydrogens (primary N) is 1. The lowest BCUT2D eigenvalue weighted by atomic mass is 9.61. The number of aliphatic hydroxyl groups is 3. The van der Waals surface area contributed by atoms with Crippen LogP contribution in [0.15, 0.2) is 48.9 Å². The van der Waals surface area contributed by atoms with E-state index in [1.54, 1.807) is 27.7 Å². The van der Waals surface area contributed by atoms with Gasteiger partial charge in [-0.05, 0) is 91.0 Å². The normalized spacial score (nSPS) is 31.6. The molecule has 13 rings (SSSR count). The molecule has 7 heterocycles. The van der Waals surface area contributed by atoms with Gasteiger partial charge in [0.25, 0.3) is 0 Å². The summed E-state index contributed by atoms with van der Waals surface area (Å²) in [5.74, 6) is 12.3. The highest BCUT2D eigenvalue weighted by Gasteiger charge is 2.50. The monoisotopic (exact) mass is 954 g/mol. The maximum absolute atomic E-state index is 13.9. The number of fused-ring (bicyclic) bond motifs is 5. The average molecular weight is 955 g/mol. The van der Waals surface area contributed by atoms with Crippen molar-refractivity contribution >= 4 is 38.3 Å². The van der Waals surface area contributed by atoms with Gasteiger partial charge < -0.3 is 45.2 Å². The molecule has 68 heavy (non-hydrogen) atoms. The number of ketones is 1. The lowest BCUT2D eigenvalue weighted by molar-refractivity contribution is -0.122. The number of Topliss-reactive ketones (excluding diaryl/α,β-unsaturated/α-hetero) is 1. The number of rotatable bonds is 7. The molecule has 0 radical (unpaired) electrons. The highest BCUT2D eigenvalue weighted by Crippen LogP contribution is 2.57. The van der Waals surface area contributed by atoms with Gasteiger partial charge in [0.2, 0.25) is 0 Å². The first-order valence-corrected chi connectivity index (χ1v) is 27.7. The molecule has 2 aromatic carbocycles. The van der Waals surface area contributed by atoms with Gasteiger partial charge in [-0.25, -0.2) is 0 Å². The molecule has 4 aliphatic carbocycles. The van der Waals surface area contributed by atoms with Gasteiger partial charge in [-0.1, -0.05) is 95.7 Å². The Hall–Kier alpha value is -4.31. The number of H-pyrrole nitrogens is 1. The fraction of sp³-hybridized carbons (Fsp3) is 0.545. The van der Waals surface area contributed by atoms with Crippen LogP contribution in [0.1, 0.15) is 153 Å². The number of hydrogen-bond acceptors (Lipinski definition) is 11. The number of phenols is 1. The fourth-order valence-corrected chi connectivity index (χ4v) is 16.5. The van der Waals surface area contributed by atoms with Crippen LogP contribution in [0.4, 0.5) is 0 Å². The van der Waals surface area contributed by atoms with Crippen LogP contribution in [-0.4, -0.2) is 60.3 Å². The minimum Gasteiger partial charge on any atom is -0.508 e. The number of aromatic hydroxyl groups is 1. The molecule has 4 aromatic rings. The van der Waals surface area contributed by atoms with Crippen molar-refractivity contribution in [2.45, 2.75) is 144 Å². The Balaban J connectivity index is 0.953. The van der Waals surface area contributed by atoms with Crippen LogP contribution in [0.3, 0.4) is 0 Å². The molecule has 13 heteroatoms. The average Bonchev–Trinajstić information content (AvgIpc) is 4.10. The SMILES string of the molecule is N[C@@H]1NC[C@]23CC[C@@H]4c5c(ccc1c52)[C@@H](O)C#C[C@H]1[C@H](Oc2c(cc(O)c(CCC(=O)C[C@H](O)[C@@H]5C=C[C@@H](C6CCCCC6)C[C@H]5O)c2CSSC3)OC#CC12CCCC2)n1cc2[nH]cc4c2c1. The van der Waals surface area contributed by atoms with Gasteiger partial charge in [-0.15, -0.1) is 0 Å². The van der Waals surface area contributed by atoms with E-state index in [1.807, 2.05) is 6.08 Å². The second-order valence-electron chi connectivity index (χ2n) is 21.3. The van der Waals surface area contributed by atoms with E-state index in [0.717, 1.165) is 77.4 Å². The molecule has 10 atom stereocenters. The van der Waals surface area contributed by atoms with Gasteiger partial charge in [0.05, 0.1) is 35.2 Å². The smallest absolute Gasteiger partial charge is 0.191 e. The Bertz CT molecular complexity index is 2800. The van der Waals surface area contributed by atoms with Gasteiger partial charge in [0.15, 0.2) is 17.7 Å². The van der Waals surface area contributed by atoms with E-state index in [9.17, 15) is 25.2 Å². The van der Waals surface area contributed by atoms with Crippen LogP contribution in [0.25, 0.3) is 10.9 Å². The van der Waals surface area contributed by atoms with Gasteiger partial charge in [0.1, 0.15) is 23.7 Å². The first-order valence-electron chi connectivity index (χ1n) is 25.2. The molecule has 2 aromatic heterocycles. The Morgan fingerprint density at radius 2 is 1.84 bits per heavy atom. The van der Waals surface area contributed by atoms with Crippen molar-refractivity contribution in [1.29, 1.82) is 0 Å². The number of allylic oxidation sites excluding steroid dienone is 1. The van der Waals surface area contributed by atoms with Crippen molar-refractivity contribution in [2.24, 2.45) is 34.8 Å². The second-order valence-corrected chi connectivity index (χ2v) is 23.7. The number of aromatic amines is 1. The molecule has 11 nitrogen and oxygen atoms in total. The third-order valence-electron chi connectivity index (χ3n) is 17.4.